The van der Waals surface area contributed by atoms with Crippen LogP contribution in [0.4, 0.5) is 5.13 Å². The molecule has 218 valence electrons. The van der Waals surface area contributed by atoms with Crippen LogP contribution < -0.4 is 25.3 Å². The number of fused-ring (bicyclic) bond motifs is 2. The predicted molar refractivity (Wildman–Crippen MR) is 143 cm³/mol. The maximum absolute atomic E-state index is 13.1. The molecule has 5 rings (SSSR count). The molecule has 41 heavy (non-hydrogen) atoms. The van der Waals surface area contributed by atoms with Crippen molar-refractivity contribution >= 4 is 78.4 Å². The number of aliphatic carboxylic acids is 1. The van der Waals surface area contributed by atoms with Gasteiger partial charge in [0.15, 0.2) is 5.13 Å². The molecule has 17 nitrogen and oxygen atoms in total. The Balaban J connectivity index is 1.38. The minimum Gasteiger partial charge on any atom is -0.543 e. The molecule has 5 N–H and O–H groups in total. The predicted octanol–water partition coefficient (Wildman–Crippen LogP) is -2.54. The highest BCUT2D eigenvalue weighted by molar-refractivity contribution is 8.00. The Morgan fingerprint density at radius 1 is 1.41 bits per heavy atom. The lowest BCUT2D eigenvalue weighted by Crippen LogP contribution is -2.71. The van der Waals surface area contributed by atoms with Gasteiger partial charge in [-0.2, -0.15) is 26.9 Å². The van der Waals surface area contributed by atoms with E-state index in [9.17, 15) is 27.9 Å². The van der Waals surface area contributed by atoms with Gasteiger partial charge in [0.25, 0.3) is 17.6 Å². The number of aromatic nitrogens is 4. The van der Waals surface area contributed by atoms with Gasteiger partial charge in [0.2, 0.25) is 16.4 Å². The third kappa shape index (κ3) is 5.76. The van der Waals surface area contributed by atoms with Crippen molar-refractivity contribution in [2.75, 3.05) is 18.1 Å². The van der Waals surface area contributed by atoms with E-state index in [4.69, 9.17) is 15.1 Å². The summed E-state index contributed by atoms with van der Waals surface area (Å²) in [7, 11) is -4.50. The van der Waals surface area contributed by atoms with Crippen molar-refractivity contribution in [3.05, 3.63) is 40.7 Å². The largest absolute Gasteiger partial charge is 0.543 e. The van der Waals surface area contributed by atoms with Crippen molar-refractivity contribution in [3.63, 3.8) is 0 Å². The Kier molecular flexibility index (Phi) is 7.98. The van der Waals surface area contributed by atoms with Crippen LogP contribution in [0.5, 0.6) is 0 Å². The molecule has 3 aromatic rings. The number of thiazole rings is 1. The first-order chi connectivity index (χ1) is 19.5. The minimum absolute atomic E-state index is 0.0111. The van der Waals surface area contributed by atoms with E-state index in [1.54, 1.807) is 33.7 Å². The van der Waals surface area contributed by atoms with Crippen LogP contribution in [-0.2, 0) is 42.6 Å². The van der Waals surface area contributed by atoms with Crippen LogP contribution in [0.25, 0.3) is 4.83 Å². The van der Waals surface area contributed by atoms with Crippen molar-refractivity contribution < 1.29 is 41.7 Å². The summed E-state index contributed by atoms with van der Waals surface area (Å²) >= 11 is 3.44. The van der Waals surface area contributed by atoms with E-state index in [0.29, 0.717) is 11.4 Å². The second-order valence-corrected chi connectivity index (χ2v) is 12.5. The van der Waals surface area contributed by atoms with Crippen LogP contribution in [0.1, 0.15) is 18.6 Å². The van der Waals surface area contributed by atoms with Crippen LogP contribution in [0.15, 0.2) is 34.2 Å². The van der Waals surface area contributed by atoms with Crippen LogP contribution in [0, 0.1) is 0 Å². The standard InChI is InChI=1S/C20H21N9O8S4/c1-2-37-25-12(15-24-20(21)40-26-15)16(30)23-13-17(31)29-14(19(32)33)9(8-39-18(13)29)6-27-7-11-28(3-4-38-11)10(27)5-22-41(34,35)36/h3-4,7,13,18,22H,2,5-6,8H2,1H3,(H4-,21,23,24,26,30,32,33,34,35,36)/b25-12-/t13-,18-/m1/s1. The SMILES string of the molecule is CCO/N=C(\C(=O)N[C@@H]1C(=O)N2C(C(=O)[O-])=C(Cn3cc4scc[n+]4c3CNS(=O)(=O)O)CS[C@H]12)c1nsc(N)n1. The molecule has 0 spiro atoms. The van der Waals surface area contributed by atoms with Gasteiger partial charge in [-0.05, 0) is 6.92 Å². The van der Waals surface area contributed by atoms with Crippen molar-refractivity contribution in [1.82, 2.24) is 28.9 Å². The van der Waals surface area contributed by atoms with E-state index in [2.05, 4.69) is 19.8 Å². The molecular weight excluding hydrogens is 623 g/mol. The molecule has 0 saturated carbocycles. The number of nitrogens with one attached hydrogen (secondary N) is 2. The minimum atomic E-state index is -4.50. The number of carbonyl (C=O) groups excluding carboxylic acids is 3. The van der Waals surface area contributed by atoms with Gasteiger partial charge >= 0.3 is 10.3 Å². The van der Waals surface area contributed by atoms with Gasteiger partial charge in [0.05, 0.1) is 11.7 Å². The lowest BCUT2D eigenvalue weighted by Gasteiger charge is -2.50. The molecule has 2 aliphatic heterocycles. The summed E-state index contributed by atoms with van der Waals surface area (Å²) in [5, 5.41) is 19.7. The molecule has 1 fully saturated rings. The Hall–Kier alpha value is -3.63. The third-order valence-corrected chi connectivity index (χ3v) is 9.16. The molecule has 5 heterocycles. The fourth-order valence-electron chi connectivity index (χ4n) is 4.28. The molecule has 2 atom stereocenters. The van der Waals surface area contributed by atoms with Gasteiger partial charge in [-0.15, -0.1) is 11.8 Å². The number of carbonyl (C=O) groups is 3. The first kappa shape index (κ1) is 28.9. The van der Waals surface area contributed by atoms with E-state index in [1.807, 2.05) is 4.72 Å². The van der Waals surface area contributed by atoms with Gasteiger partial charge in [-0.3, -0.25) is 19.0 Å². The van der Waals surface area contributed by atoms with Crippen molar-refractivity contribution in [2.45, 2.75) is 31.4 Å². The maximum Gasteiger partial charge on any atom is 0.333 e. The van der Waals surface area contributed by atoms with Gasteiger partial charge < -0.3 is 25.8 Å². The number of amides is 2. The number of carboxylic acids is 1. The summed E-state index contributed by atoms with van der Waals surface area (Å²) in [6, 6.07) is -1.08. The molecule has 0 radical (unpaired) electrons. The number of hydrogen-bond acceptors (Lipinski definition) is 14. The van der Waals surface area contributed by atoms with E-state index in [-0.39, 0.29) is 47.8 Å². The number of nitrogens with two attached hydrogens (primary N) is 1. The average Bonchev–Trinajstić information content (AvgIpc) is 3.62. The summed E-state index contributed by atoms with van der Waals surface area (Å²) in [4.78, 5) is 49.1. The smallest absolute Gasteiger partial charge is 0.333 e. The highest BCUT2D eigenvalue weighted by Gasteiger charge is 2.53. The fourth-order valence-corrected chi connectivity index (χ4v) is 7.15. The molecule has 0 aliphatic carbocycles. The van der Waals surface area contributed by atoms with Crippen molar-refractivity contribution in [1.29, 1.82) is 0 Å². The zero-order valence-corrected chi connectivity index (χ0v) is 24.2. The number of nitrogen functional groups attached to an aromatic ring is 1. The number of imidazole rings is 1. The zero-order chi connectivity index (χ0) is 29.5. The van der Waals surface area contributed by atoms with Crippen LogP contribution >= 0.6 is 34.6 Å². The molecule has 2 amide bonds. The highest BCUT2D eigenvalue weighted by atomic mass is 32.2. The van der Waals surface area contributed by atoms with Gasteiger partial charge in [-0.25, -0.2) is 4.57 Å². The normalized spacial score (nSPS) is 19.3. The number of nitrogens with zero attached hydrogens (tertiary/aromatic N) is 6. The summed E-state index contributed by atoms with van der Waals surface area (Å²) in [6.07, 6.45) is 3.39. The van der Waals surface area contributed by atoms with Crippen molar-refractivity contribution in [2.24, 2.45) is 5.16 Å². The summed E-state index contributed by atoms with van der Waals surface area (Å²) in [6.45, 7) is 1.51. The second kappa shape index (κ2) is 11.3. The molecule has 21 heteroatoms. The number of hydrogen-bond donors (Lipinski definition) is 4. The first-order valence-electron chi connectivity index (χ1n) is 11.7. The molecule has 0 aromatic carbocycles. The first-order valence-corrected chi connectivity index (χ1v) is 15.8. The number of oxime groups is 1. The van der Waals surface area contributed by atoms with E-state index in [1.165, 1.54) is 23.1 Å². The fraction of sp³-hybridized carbons (Fsp3) is 0.350. The van der Waals surface area contributed by atoms with Gasteiger partial charge in [-0.1, -0.05) is 16.5 Å². The Labute approximate surface area is 243 Å². The van der Waals surface area contributed by atoms with Crippen LogP contribution in [0.3, 0.4) is 0 Å². The molecular formula is C20H21N9O8S4. The quantitative estimate of drug-likeness (QED) is 0.0556. The molecule has 1 saturated heterocycles. The van der Waals surface area contributed by atoms with Crippen LogP contribution in [0.2, 0.25) is 0 Å². The Bertz CT molecular complexity index is 1710. The number of carboxylic acid groups (broad SMARTS) is 1. The number of rotatable bonds is 11. The molecule has 0 unspecified atom stereocenters. The second-order valence-electron chi connectivity index (χ2n) is 8.50. The zero-order valence-electron chi connectivity index (χ0n) is 20.9. The maximum atomic E-state index is 13.1. The Morgan fingerprint density at radius 2 is 2.20 bits per heavy atom. The van der Waals surface area contributed by atoms with E-state index in [0.717, 1.165) is 21.3 Å². The molecule has 3 aromatic heterocycles. The highest BCUT2D eigenvalue weighted by Crippen LogP contribution is 2.40. The third-order valence-electron chi connectivity index (χ3n) is 5.97. The Morgan fingerprint density at radius 3 is 2.85 bits per heavy atom. The van der Waals surface area contributed by atoms with E-state index < -0.39 is 39.5 Å². The summed E-state index contributed by atoms with van der Waals surface area (Å²) in [5.41, 5.74) is 5.32. The van der Waals surface area contributed by atoms with Gasteiger partial charge in [0.1, 0.15) is 43.5 Å². The lowest BCUT2D eigenvalue weighted by molar-refractivity contribution is -0.518. The van der Waals surface area contributed by atoms with Crippen LogP contribution in [-0.4, -0.2) is 79.1 Å². The summed E-state index contributed by atoms with van der Waals surface area (Å²) in [5.74, 6) is -2.57. The van der Waals surface area contributed by atoms with E-state index >= 15 is 0 Å². The van der Waals surface area contributed by atoms with Gasteiger partial charge in [0, 0.05) is 28.2 Å². The average molecular weight is 644 g/mol. The number of anilines is 1. The lowest BCUT2D eigenvalue weighted by atomic mass is 10.0. The number of β-lactam (4-membered cyclic amide) rings is 1. The number of thioether (sulfide) groups is 1. The molecule has 2 aliphatic rings. The molecule has 0 bridgehead atoms. The topological polar surface area (TPSA) is 238 Å². The van der Waals surface area contributed by atoms with Crippen molar-refractivity contribution in [3.8, 4) is 0 Å². The monoisotopic (exact) mass is 643 g/mol. The summed E-state index contributed by atoms with van der Waals surface area (Å²) < 4.78 is 41.0.